The third kappa shape index (κ3) is 3.36. The van der Waals surface area contributed by atoms with Crippen LogP contribution in [-0.4, -0.2) is 5.88 Å². The summed E-state index contributed by atoms with van der Waals surface area (Å²) in [5.41, 5.74) is 0.930. The van der Waals surface area contributed by atoms with Crippen LogP contribution >= 0.6 is 23.2 Å². The highest BCUT2D eigenvalue weighted by molar-refractivity contribution is 6.31. The van der Waals surface area contributed by atoms with Crippen molar-refractivity contribution in [1.82, 2.24) is 0 Å². The molecule has 0 fully saturated rings. The average molecular weight is 263 g/mol. The highest BCUT2D eigenvalue weighted by Crippen LogP contribution is 2.32. The quantitative estimate of drug-likeness (QED) is 0.679. The van der Waals surface area contributed by atoms with E-state index < -0.39 is 0 Å². The standard InChI is InChI=1S/C13H17Cl2F/c1-13(2,3)10(8-14)7-9-5-4-6-11(16)12(9)15/h4-6,10H,7-8H2,1-3H3. The molecule has 0 aliphatic rings. The van der Waals surface area contributed by atoms with Gasteiger partial charge in [-0.3, -0.25) is 0 Å². The molecule has 1 aromatic rings. The van der Waals surface area contributed by atoms with Gasteiger partial charge in [0.15, 0.2) is 0 Å². The zero-order valence-electron chi connectivity index (χ0n) is 9.86. The fraction of sp³-hybridized carbons (Fsp3) is 0.538. The molecule has 0 amide bonds. The first kappa shape index (κ1) is 13.8. The van der Waals surface area contributed by atoms with E-state index in [2.05, 4.69) is 20.8 Å². The molecule has 3 heteroatoms. The fourth-order valence-electron chi connectivity index (χ4n) is 1.56. The van der Waals surface area contributed by atoms with Crippen LogP contribution in [0.15, 0.2) is 18.2 Å². The van der Waals surface area contributed by atoms with E-state index in [1.54, 1.807) is 6.07 Å². The molecule has 0 aliphatic heterocycles. The molecule has 1 aromatic carbocycles. The highest BCUT2D eigenvalue weighted by atomic mass is 35.5. The molecule has 16 heavy (non-hydrogen) atoms. The predicted molar refractivity (Wildman–Crippen MR) is 68.8 cm³/mol. The summed E-state index contributed by atoms with van der Waals surface area (Å²) >= 11 is 11.9. The number of rotatable bonds is 3. The number of hydrogen-bond acceptors (Lipinski definition) is 0. The summed E-state index contributed by atoms with van der Waals surface area (Å²) in [7, 11) is 0. The van der Waals surface area contributed by atoms with Gasteiger partial charge in [-0.25, -0.2) is 4.39 Å². The second-order valence-corrected chi connectivity index (χ2v) is 5.82. The molecule has 1 atom stereocenters. The number of halogens is 3. The monoisotopic (exact) mass is 262 g/mol. The number of alkyl halides is 1. The first-order valence-corrected chi connectivity index (χ1v) is 6.26. The van der Waals surface area contributed by atoms with Gasteiger partial charge in [0.05, 0.1) is 5.02 Å². The van der Waals surface area contributed by atoms with Gasteiger partial charge in [0.25, 0.3) is 0 Å². The van der Waals surface area contributed by atoms with Crippen molar-refractivity contribution in [3.05, 3.63) is 34.6 Å². The van der Waals surface area contributed by atoms with Gasteiger partial charge in [-0.05, 0) is 29.4 Å². The average Bonchev–Trinajstić information content (AvgIpc) is 2.18. The molecular formula is C13H17Cl2F. The molecule has 0 nitrogen and oxygen atoms in total. The summed E-state index contributed by atoms with van der Waals surface area (Å²) in [6.07, 6.45) is 0.712. The van der Waals surface area contributed by atoms with E-state index in [4.69, 9.17) is 23.2 Å². The fourth-order valence-corrected chi connectivity index (χ4v) is 2.34. The minimum absolute atomic E-state index is 0.0946. The van der Waals surface area contributed by atoms with E-state index in [9.17, 15) is 4.39 Å². The lowest BCUT2D eigenvalue weighted by molar-refractivity contribution is 0.263. The summed E-state index contributed by atoms with van der Waals surface area (Å²) < 4.78 is 13.3. The van der Waals surface area contributed by atoms with Crippen molar-refractivity contribution in [1.29, 1.82) is 0 Å². The molecule has 1 rings (SSSR count). The van der Waals surface area contributed by atoms with Gasteiger partial charge in [-0.1, -0.05) is 44.5 Å². The lowest BCUT2D eigenvalue weighted by atomic mass is 9.78. The van der Waals surface area contributed by atoms with E-state index >= 15 is 0 Å². The van der Waals surface area contributed by atoms with Crippen LogP contribution in [0.5, 0.6) is 0 Å². The second kappa shape index (κ2) is 5.37. The van der Waals surface area contributed by atoms with E-state index in [0.29, 0.717) is 12.3 Å². The van der Waals surface area contributed by atoms with Crippen molar-refractivity contribution < 1.29 is 4.39 Å². The van der Waals surface area contributed by atoms with Crippen LogP contribution in [0.4, 0.5) is 4.39 Å². The smallest absolute Gasteiger partial charge is 0.142 e. The van der Waals surface area contributed by atoms with E-state index in [1.807, 2.05) is 6.07 Å². The van der Waals surface area contributed by atoms with Gasteiger partial charge in [0, 0.05) is 5.88 Å². The lowest BCUT2D eigenvalue weighted by Gasteiger charge is -2.29. The van der Waals surface area contributed by atoms with Crippen molar-refractivity contribution in [2.24, 2.45) is 11.3 Å². The maximum absolute atomic E-state index is 13.3. The van der Waals surface area contributed by atoms with Crippen molar-refractivity contribution in [2.45, 2.75) is 27.2 Å². The van der Waals surface area contributed by atoms with Gasteiger partial charge in [-0.15, -0.1) is 11.6 Å². The molecule has 0 spiro atoms. The number of hydrogen-bond donors (Lipinski definition) is 0. The Morgan fingerprint density at radius 3 is 2.44 bits per heavy atom. The first-order valence-electron chi connectivity index (χ1n) is 5.35. The molecule has 0 N–H and O–H groups in total. The molecule has 0 saturated heterocycles. The van der Waals surface area contributed by atoms with Crippen molar-refractivity contribution >= 4 is 23.2 Å². The predicted octanol–water partition coefficient (Wildman–Crippen LogP) is 4.92. The Balaban J connectivity index is 2.91. The van der Waals surface area contributed by atoms with Gasteiger partial charge < -0.3 is 0 Å². The maximum Gasteiger partial charge on any atom is 0.142 e. The van der Waals surface area contributed by atoms with Crippen molar-refractivity contribution in [3.8, 4) is 0 Å². The Labute approximate surface area is 107 Å². The van der Waals surface area contributed by atoms with Crippen molar-refractivity contribution in [3.63, 3.8) is 0 Å². The molecule has 0 saturated carbocycles. The van der Waals surface area contributed by atoms with Crippen LogP contribution in [0.3, 0.4) is 0 Å². The van der Waals surface area contributed by atoms with Crippen LogP contribution in [0.25, 0.3) is 0 Å². The minimum Gasteiger partial charge on any atom is -0.205 e. The molecule has 1 unspecified atom stereocenters. The topological polar surface area (TPSA) is 0 Å². The summed E-state index contributed by atoms with van der Waals surface area (Å²) in [4.78, 5) is 0. The summed E-state index contributed by atoms with van der Waals surface area (Å²) in [6, 6.07) is 4.92. The Kier molecular flexibility index (Phi) is 4.63. The van der Waals surface area contributed by atoms with Gasteiger partial charge in [-0.2, -0.15) is 0 Å². The lowest BCUT2D eigenvalue weighted by Crippen LogP contribution is -2.24. The Bertz CT molecular complexity index is 355. The zero-order valence-corrected chi connectivity index (χ0v) is 11.4. The Morgan fingerprint density at radius 1 is 1.31 bits per heavy atom. The molecule has 0 radical (unpaired) electrons. The van der Waals surface area contributed by atoms with E-state index in [0.717, 1.165) is 5.56 Å². The van der Waals surface area contributed by atoms with E-state index in [1.165, 1.54) is 6.07 Å². The van der Waals surface area contributed by atoms with Gasteiger partial charge in [0.2, 0.25) is 0 Å². The summed E-state index contributed by atoms with van der Waals surface area (Å²) in [5.74, 6) is 0.478. The largest absolute Gasteiger partial charge is 0.205 e. The number of benzene rings is 1. The van der Waals surface area contributed by atoms with Crippen LogP contribution in [0.2, 0.25) is 5.02 Å². The van der Waals surface area contributed by atoms with Gasteiger partial charge in [0.1, 0.15) is 5.82 Å². The molecule has 0 bridgehead atoms. The zero-order chi connectivity index (χ0) is 12.3. The van der Waals surface area contributed by atoms with Crippen LogP contribution in [0.1, 0.15) is 26.3 Å². The second-order valence-electron chi connectivity index (χ2n) is 5.13. The Morgan fingerprint density at radius 2 is 1.94 bits per heavy atom. The summed E-state index contributed by atoms with van der Waals surface area (Å²) in [6.45, 7) is 6.40. The first-order chi connectivity index (χ1) is 7.36. The minimum atomic E-state index is -0.360. The maximum atomic E-state index is 13.3. The van der Waals surface area contributed by atoms with Crippen molar-refractivity contribution in [2.75, 3.05) is 5.88 Å². The molecule has 0 heterocycles. The van der Waals surface area contributed by atoms with E-state index in [-0.39, 0.29) is 22.2 Å². The molecule has 0 aliphatic carbocycles. The third-order valence-electron chi connectivity index (χ3n) is 2.91. The molecule has 90 valence electrons. The highest BCUT2D eigenvalue weighted by Gasteiger charge is 2.25. The SMILES string of the molecule is CC(C)(C)C(CCl)Cc1cccc(F)c1Cl. The van der Waals surface area contributed by atoms with Crippen LogP contribution in [-0.2, 0) is 6.42 Å². The molecule has 0 aromatic heterocycles. The normalized spacial score (nSPS) is 13.9. The summed E-state index contributed by atoms with van der Waals surface area (Å²) in [5, 5.41) is 0.224. The van der Waals surface area contributed by atoms with Crippen LogP contribution < -0.4 is 0 Å². The van der Waals surface area contributed by atoms with Gasteiger partial charge >= 0.3 is 0 Å². The third-order valence-corrected chi connectivity index (χ3v) is 3.70. The molecular weight excluding hydrogens is 246 g/mol. The van der Waals surface area contributed by atoms with Crippen LogP contribution in [0, 0.1) is 17.2 Å². The Hall–Kier alpha value is -0.270.